The van der Waals surface area contributed by atoms with Gasteiger partial charge in [-0.2, -0.15) is 0 Å². The lowest BCUT2D eigenvalue weighted by Gasteiger charge is -2.38. The van der Waals surface area contributed by atoms with Crippen LogP contribution in [0.1, 0.15) is 29.7 Å². The molecule has 1 aliphatic heterocycles. The van der Waals surface area contributed by atoms with E-state index in [4.69, 9.17) is 4.74 Å². The second-order valence-electron chi connectivity index (χ2n) is 11.0. The second kappa shape index (κ2) is 16.6. The van der Waals surface area contributed by atoms with E-state index in [9.17, 15) is 17.6 Å². The fraction of sp³-hybridized carbons (Fsp3) is 0.273. The number of carbonyl (C=O) groups excluding carboxylic acids is 1. The van der Waals surface area contributed by atoms with E-state index in [0.29, 0.717) is 29.4 Å². The van der Waals surface area contributed by atoms with Crippen molar-refractivity contribution in [1.29, 1.82) is 0 Å². The molecule has 0 atom stereocenters. The Bertz CT molecular complexity index is 1670. The zero-order valence-electron chi connectivity index (χ0n) is 25.6. The van der Waals surface area contributed by atoms with Gasteiger partial charge in [-0.1, -0.05) is 18.2 Å². The Hall–Kier alpha value is -3.90. The molecule has 1 aromatic heterocycles. The normalized spacial score (nSPS) is 13.5. The van der Waals surface area contributed by atoms with E-state index < -0.39 is 10.0 Å². The van der Waals surface area contributed by atoms with E-state index in [1.165, 1.54) is 12.1 Å². The number of aryl methyl sites for hydroxylation is 1. The van der Waals surface area contributed by atoms with Crippen molar-refractivity contribution < 1.29 is 22.3 Å². The first-order valence-electron chi connectivity index (χ1n) is 14.4. The van der Waals surface area contributed by atoms with Crippen LogP contribution < -0.4 is 14.8 Å². The highest BCUT2D eigenvalue weighted by molar-refractivity contribution is 7.92. The number of nitrogens with one attached hydrogen (secondary N) is 2. The van der Waals surface area contributed by atoms with E-state index in [-0.39, 0.29) is 42.7 Å². The number of pyridine rings is 1. The third-order valence-electron chi connectivity index (χ3n) is 7.53. The van der Waals surface area contributed by atoms with Crippen molar-refractivity contribution in [1.82, 2.24) is 14.8 Å². The first-order chi connectivity index (χ1) is 21.1. The van der Waals surface area contributed by atoms with Gasteiger partial charge >= 0.3 is 6.03 Å². The largest absolute Gasteiger partial charge is 0.457 e. The molecule has 46 heavy (non-hydrogen) atoms. The standard InChI is InChI=1S/C33H36FN5O4S.2ClH/c1-24-26(4-3-19-35-24)23-39(33(40)36-28-9-7-27(34)8-10-28)30-17-20-38(21-18-30)22-25-5-13-31(14-6-25)43-32-15-11-29(12-16-32)37-44(2,41)42;;/h3-16,19,30,37H,17-18,20-23H2,1-2H3,(H,36,40);2*1H. The lowest BCUT2D eigenvalue weighted by molar-refractivity contribution is 0.119. The quantitative estimate of drug-likeness (QED) is 0.182. The van der Waals surface area contributed by atoms with Crippen LogP contribution in [0.2, 0.25) is 0 Å². The number of aromatic nitrogens is 1. The lowest BCUT2D eigenvalue weighted by atomic mass is 10.0. The Labute approximate surface area is 282 Å². The Kier molecular flexibility index (Phi) is 13.2. The number of hydrogen-bond acceptors (Lipinski definition) is 6. The van der Waals surface area contributed by atoms with Gasteiger partial charge in [0.25, 0.3) is 0 Å². The van der Waals surface area contributed by atoms with Crippen LogP contribution in [0.25, 0.3) is 0 Å². The Morgan fingerprint density at radius 2 is 1.52 bits per heavy atom. The summed E-state index contributed by atoms with van der Waals surface area (Å²) in [6.07, 6.45) is 4.50. The van der Waals surface area contributed by atoms with Crippen LogP contribution in [0.3, 0.4) is 0 Å². The molecule has 0 bridgehead atoms. The topological polar surface area (TPSA) is 104 Å². The molecule has 9 nitrogen and oxygen atoms in total. The van der Waals surface area contributed by atoms with Crippen LogP contribution >= 0.6 is 24.8 Å². The molecule has 4 aromatic rings. The highest BCUT2D eigenvalue weighted by Gasteiger charge is 2.29. The minimum absolute atomic E-state index is 0. The maximum atomic E-state index is 13.5. The molecule has 5 rings (SSSR count). The van der Waals surface area contributed by atoms with Crippen molar-refractivity contribution in [2.75, 3.05) is 29.4 Å². The number of benzene rings is 3. The molecule has 0 radical (unpaired) electrons. The number of nitrogens with zero attached hydrogens (tertiary/aromatic N) is 3. The highest BCUT2D eigenvalue weighted by Crippen LogP contribution is 2.26. The zero-order chi connectivity index (χ0) is 31.1. The Balaban J connectivity index is 0.00000288. The fourth-order valence-corrected chi connectivity index (χ4v) is 5.78. The SMILES string of the molecule is Cc1ncccc1CN(C(=O)Nc1ccc(F)cc1)C1CCN(Cc2ccc(Oc3ccc(NS(C)(=O)=O)cc3)cc2)CC1.Cl.Cl. The predicted molar refractivity (Wildman–Crippen MR) is 184 cm³/mol. The zero-order valence-corrected chi connectivity index (χ0v) is 28.0. The molecule has 0 unspecified atom stereocenters. The van der Waals surface area contributed by atoms with E-state index in [2.05, 4.69) is 19.9 Å². The number of amides is 2. The third kappa shape index (κ3) is 10.6. The molecule has 0 aliphatic carbocycles. The number of ether oxygens (including phenoxy) is 1. The van der Waals surface area contributed by atoms with Crippen molar-refractivity contribution in [2.45, 2.75) is 38.9 Å². The van der Waals surface area contributed by atoms with E-state index >= 15 is 0 Å². The summed E-state index contributed by atoms with van der Waals surface area (Å²) in [6.45, 7) is 4.84. The molecular weight excluding hydrogens is 652 g/mol. The van der Waals surface area contributed by atoms with Crippen LogP contribution in [0.4, 0.5) is 20.6 Å². The molecule has 246 valence electrons. The summed E-state index contributed by atoms with van der Waals surface area (Å²) in [5.41, 5.74) is 4.06. The molecule has 1 fully saturated rings. The minimum atomic E-state index is -3.33. The third-order valence-corrected chi connectivity index (χ3v) is 8.14. The number of anilines is 2. The number of halogens is 3. The number of urea groups is 1. The van der Waals surface area contributed by atoms with Crippen molar-refractivity contribution in [3.05, 3.63) is 114 Å². The van der Waals surface area contributed by atoms with Crippen molar-refractivity contribution in [3.63, 3.8) is 0 Å². The summed E-state index contributed by atoms with van der Waals surface area (Å²) in [5.74, 6) is 0.939. The van der Waals surface area contributed by atoms with Crippen LogP contribution in [-0.2, 0) is 23.1 Å². The second-order valence-corrected chi connectivity index (χ2v) is 12.7. The van der Waals surface area contributed by atoms with Crippen molar-refractivity contribution in [3.8, 4) is 11.5 Å². The van der Waals surface area contributed by atoms with Gasteiger partial charge in [-0.25, -0.2) is 17.6 Å². The summed E-state index contributed by atoms with van der Waals surface area (Å²) in [7, 11) is -3.33. The smallest absolute Gasteiger partial charge is 0.322 e. The average Bonchev–Trinajstić information content (AvgIpc) is 3.00. The molecule has 2 heterocycles. The molecule has 1 aliphatic rings. The molecule has 0 saturated carbocycles. The van der Waals surface area contributed by atoms with E-state index in [1.807, 2.05) is 48.2 Å². The fourth-order valence-electron chi connectivity index (χ4n) is 5.21. The molecule has 2 N–H and O–H groups in total. The summed E-state index contributed by atoms with van der Waals surface area (Å²) in [5, 5.41) is 2.94. The molecule has 13 heteroatoms. The summed E-state index contributed by atoms with van der Waals surface area (Å²) in [6, 6.07) is 24.1. The van der Waals surface area contributed by atoms with Gasteiger partial charge in [-0.3, -0.25) is 14.6 Å². The number of likely N-dealkylation sites (tertiary alicyclic amines) is 1. The lowest BCUT2D eigenvalue weighted by Crippen LogP contribution is -2.48. The number of sulfonamides is 1. The van der Waals surface area contributed by atoms with Gasteiger partial charge < -0.3 is 15.0 Å². The molecule has 0 spiro atoms. The van der Waals surface area contributed by atoms with Crippen LogP contribution in [0, 0.1) is 12.7 Å². The Morgan fingerprint density at radius 3 is 2.11 bits per heavy atom. The summed E-state index contributed by atoms with van der Waals surface area (Å²) < 4.78 is 44.5. The van der Waals surface area contributed by atoms with Gasteiger partial charge in [-0.15, -0.1) is 24.8 Å². The molecule has 1 saturated heterocycles. The first-order valence-corrected chi connectivity index (χ1v) is 16.3. The van der Waals surface area contributed by atoms with Crippen molar-refractivity contribution in [2.24, 2.45) is 0 Å². The Morgan fingerprint density at radius 1 is 0.935 bits per heavy atom. The number of hydrogen-bond donors (Lipinski definition) is 2. The van der Waals surface area contributed by atoms with Crippen LogP contribution in [-0.4, -0.2) is 54.6 Å². The first kappa shape index (κ1) is 36.6. The van der Waals surface area contributed by atoms with E-state index in [0.717, 1.165) is 55.6 Å². The van der Waals surface area contributed by atoms with Gasteiger partial charge in [0, 0.05) is 55.5 Å². The van der Waals surface area contributed by atoms with Gasteiger partial charge in [0.15, 0.2) is 0 Å². The molecule has 3 aromatic carbocycles. The molecular formula is C33H38Cl2FN5O4S. The van der Waals surface area contributed by atoms with E-state index in [1.54, 1.807) is 42.6 Å². The monoisotopic (exact) mass is 689 g/mol. The number of rotatable bonds is 10. The van der Waals surface area contributed by atoms with Crippen LogP contribution in [0.5, 0.6) is 11.5 Å². The van der Waals surface area contributed by atoms with Gasteiger partial charge in [-0.05, 0) is 97.6 Å². The van der Waals surface area contributed by atoms with Gasteiger partial charge in [0.2, 0.25) is 10.0 Å². The number of carbonyl (C=O) groups is 1. The maximum Gasteiger partial charge on any atom is 0.322 e. The minimum Gasteiger partial charge on any atom is -0.457 e. The highest BCUT2D eigenvalue weighted by atomic mass is 35.5. The van der Waals surface area contributed by atoms with Crippen molar-refractivity contribution >= 4 is 52.2 Å². The van der Waals surface area contributed by atoms with Gasteiger partial charge in [0.05, 0.1) is 6.26 Å². The average molecular weight is 691 g/mol. The summed E-state index contributed by atoms with van der Waals surface area (Å²) in [4.78, 5) is 22.1. The predicted octanol–water partition coefficient (Wildman–Crippen LogP) is 7.24. The molecule has 2 amide bonds. The van der Waals surface area contributed by atoms with Gasteiger partial charge in [0.1, 0.15) is 17.3 Å². The maximum absolute atomic E-state index is 13.5. The number of piperidine rings is 1. The van der Waals surface area contributed by atoms with Crippen LogP contribution in [0.15, 0.2) is 91.1 Å². The summed E-state index contributed by atoms with van der Waals surface area (Å²) >= 11 is 0.